The Morgan fingerprint density at radius 1 is 1.33 bits per heavy atom. The van der Waals surface area contributed by atoms with Crippen LogP contribution in [-0.4, -0.2) is 31.8 Å². The largest absolute Gasteiger partial charge is 0.336 e. The lowest BCUT2D eigenvalue weighted by Crippen LogP contribution is -2.34. The van der Waals surface area contributed by atoms with Crippen molar-refractivity contribution in [2.75, 3.05) is 6.54 Å². The van der Waals surface area contributed by atoms with Gasteiger partial charge < -0.3 is 4.90 Å². The number of benzene rings is 1. The average Bonchev–Trinajstić information content (AvgIpc) is 3.21. The lowest BCUT2D eigenvalue weighted by molar-refractivity contribution is 0.0743. The lowest BCUT2D eigenvalue weighted by atomic mass is 10.1. The Morgan fingerprint density at radius 3 is 2.43 bits per heavy atom. The summed E-state index contributed by atoms with van der Waals surface area (Å²) in [7, 11) is 1.62. The van der Waals surface area contributed by atoms with Crippen LogP contribution in [0.3, 0.4) is 0 Å². The van der Waals surface area contributed by atoms with Crippen LogP contribution in [0.25, 0.3) is 0 Å². The summed E-state index contributed by atoms with van der Waals surface area (Å²) >= 11 is 0. The molecule has 4 nitrogen and oxygen atoms in total. The van der Waals surface area contributed by atoms with Crippen LogP contribution in [0, 0.1) is 13.8 Å². The highest BCUT2D eigenvalue weighted by atomic mass is 35.7. The molecular weight excluding hydrogens is 310 g/mol. The van der Waals surface area contributed by atoms with Gasteiger partial charge in [-0.05, 0) is 56.4 Å². The first-order chi connectivity index (χ1) is 9.75. The van der Waals surface area contributed by atoms with Gasteiger partial charge in [0.2, 0.25) is 0 Å². The van der Waals surface area contributed by atoms with Crippen molar-refractivity contribution in [2.45, 2.75) is 51.0 Å². The van der Waals surface area contributed by atoms with E-state index in [1.807, 2.05) is 11.8 Å². The van der Waals surface area contributed by atoms with E-state index in [2.05, 4.69) is 0 Å². The summed E-state index contributed by atoms with van der Waals surface area (Å²) in [5.41, 5.74) is 1.75. The zero-order valence-corrected chi connectivity index (χ0v) is 14.1. The molecule has 21 heavy (non-hydrogen) atoms. The molecule has 0 unspecified atom stereocenters. The quantitative estimate of drug-likeness (QED) is 0.779. The van der Waals surface area contributed by atoms with Gasteiger partial charge in [-0.1, -0.05) is 6.92 Å². The zero-order valence-electron chi connectivity index (χ0n) is 12.5. The minimum atomic E-state index is -3.85. The van der Waals surface area contributed by atoms with Gasteiger partial charge in [0.1, 0.15) is 0 Å². The number of amides is 1. The smallest absolute Gasteiger partial charge is 0.261 e. The van der Waals surface area contributed by atoms with Crippen molar-refractivity contribution in [3.63, 3.8) is 0 Å². The third kappa shape index (κ3) is 3.58. The molecule has 0 radical (unpaired) electrons. The number of hydrogen-bond acceptors (Lipinski definition) is 3. The molecular formula is C15H20ClNO3S. The number of aryl methyl sites for hydroxylation is 1. The van der Waals surface area contributed by atoms with Crippen LogP contribution < -0.4 is 0 Å². The fourth-order valence-corrected chi connectivity index (χ4v) is 3.72. The Kier molecular flexibility index (Phi) is 4.63. The fourth-order valence-electron chi connectivity index (χ4n) is 2.45. The van der Waals surface area contributed by atoms with E-state index in [9.17, 15) is 13.2 Å². The number of rotatable bonds is 5. The van der Waals surface area contributed by atoms with E-state index in [1.165, 1.54) is 6.07 Å². The first-order valence-electron chi connectivity index (χ1n) is 7.12. The Bertz CT molecular complexity index is 666. The molecule has 0 bridgehead atoms. The van der Waals surface area contributed by atoms with Crippen LogP contribution in [0.15, 0.2) is 17.0 Å². The maximum Gasteiger partial charge on any atom is 0.261 e. The van der Waals surface area contributed by atoms with E-state index in [1.54, 1.807) is 19.9 Å². The summed E-state index contributed by atoms with van der Waals surface area (Å²) in [6, 6.07) is 3.45. The van der Waals surface area contributed by atoms with E-state index in [-0.39, 0.29) is 10.8 Å². The minimum absolute atomic E-state index is 0.0276. The maximum atomic E-state index is 12.6. The molecule has 1 aromatic carbocycles. The molecule has 0 saturated heterocycles. The van der Waals surface area contributed by atoms with Crippen LogP contribution in [0.5, 0.6) is 0 Å². The van der Waals surface area contributed by atoms with Gasteiger partial charge in [0, 0.05) is 28.8 Å². The van der Waals surface area contributed by atoms with Crippen LogP contribution in [0.2, 0.25) is 0 Å². The lowest BCUT2D eigenvalue weighted by Gasteiger charge is -2.22. The van der Waals surface area contributed by atoms with E-state index >= 15 is 0 Å². The number of carbonyl (C=O) groups excluding carboxylic acids is 1. The highest BCUT2D eigenvalue weighted by Gasteiger charge is 2.33. The molecule has 1 aromatic rings. The van der Waals surface area contributed by atoms with Crippen LogP contribution in [0.1, 0.15) is 47.7 Å². The molecule has 1 saturated carbocycles. The Labute approximate surface area is 130 Å². The molecule has 1 aliphatic carbocycles. The molecule has 2 rings (SSSR count). The molecule has 1 fully saturated rings. The van der Waals surface area contributed by atoms with Gasteiger partial charge in [0.15, 0.2) is 0 Å². The van der Waals surface area contributed by atoms with Crippen LogP contribution in [0.4, 0.5) is 0 Å². The maximum absolute atomic E-state index is 12.6. The van der Waals surface area contributed by atoms with E-state index < -0.39 is 9.05 Å². The monoisotopic (exact) mass is 329 g/mol. The predicted octanol–water partition coefficient (Wildman–Crippen LogP) is 3.25. The summed E-state index contributed by atoms with van der Waals surface area (Å²) in [4.78, 5) is 14.5. The minimum Gasteiger partial charge on any atom is -0.336 e. The summed E-state index contributed by atoms with van der Waals surface area (Å²) in [5.74, 6) is -0.107. The molecule has 0 heterocycles. The van der Waals surface area contributed by atoms with Gasteiger partial charge in [-0.3, -0.25) is 4.79 Å². The molecule has 0 spiro atoms. The predicted molar refractivity (Wildman–Crippen MR) is 83.3 cm³/mol. The van der Waals surface area contributed by atoms with Crippen molar-refractivity contribution in [1.82, 2.24) is 4.90 Å². The van der Waals surface area contributed by atoms with Gasteiger partial charge in [-0.15, -0.1) is 0 Å². The molecule has 116 valence electrons. The van der Waals surface area contributed by atoms with Gasteiger partial charge in [0.25, 0.3) is 15.0 Å². The normalized spacial score (nSPS) is 15.0. The fraction of sp³-hybridized carbons (Fsp3) is 0.533. The SMILES string of the molecule is CCCN(C(=O)c1cc(C)c(C)c(S(=O)(=O)Cl)c1)C1CC1. The Morgan fingerprint density at radius 2 is 1.95 bits per heavy atom. The second kappa shape index (κ2) is 5.97. The zero-order chi connectivity index (χ0) is 15.8. The van der Waals surface area contributed by atoms with E-state index in [0.29, 0.717) is 23.7 Å². The third-order valence-corrected chi connectivity index (χ3v) is 5.29. The Hall–Kier alpha value is -1.07. The number of hydrogen-bond donors (Lipinski definition) is 0. The standard InChI is InChI=1S/C15H20ClNO3S/c1-4-7-17(13-5-6-13)15(18)12-8-10(2)11(3)14(9-12)21(16,19)20/h8-9,13H,4-7H2,1-3H3. The van der Waals surface area contributed by atoms with Gasteiger partial charge in [-0.25, -0.2) is 8.42 Å². The topological polar surface area (TPSA) is 54.5 Å². The molecule has 1 aliphatic rings. The molecule has 1 amide bonds. The van der Waals surface area contributed by atoms with Crippen molar-refractivity contribution in [3.05, 3.63) is 28.8 Å². The second-order valence-electron chi connectivity index (χ2n) is 5.58. The van der Waals surface area contributed by atoms with Crippen molar-refractivity contribution >= 4 is 25.6 Å². The van der Waals surface area contributed by atoms with Gasteiger partial charge in [-0.2, -0.15) is 0 Å². The Balaban J connectivity index is 2.44. The summed E-state index contributed by atoms with van der Waals surface area (Å²) < 4.78 is 23.3. The van der Waals surface area contributed by atoms with Crippen LogP contribution >= 0.6 is 10.7 Å². The van der Waals surface area contributed by atoms with E-state index in [0.717, 1.165) is 24.8 Å². The third-order valence-electron chi connectivity index (χ3n) is 3.84. The summed E-state index contributed by atoms with van der Waals surface area (Å²) in [5, 5.41) is 0. The second-order valence-corrected chi connectivity index (χ2v) is 8.12. The first kappa shape index (κ1) is 16.3. The molecule has 0 atom stereocenters. The van der Waals surface area contributed by atoms with Gasteiger partial charge >= 0.3 is 0 Å². The first-order valence-corrected chi connectivity index (χ1v) is 9.43. The molecule has 0 N–H and O–H groups in total. The molecule has 0 aromatic heterocycles. The highest BCUT2D eigenvalue weighted by Crippen LogP contribution is 2.30. The van der Waals surface area contributed by atoms with Crippen molar-refractivity contribution < 1.29 is 13.2 Å². The number of nitrogens with zero attached hydrogens (tertiary/aromatic N) is 1. The van der Waals surface area contributed by atoms with Crippen molar-refractivity contribution in [1.29, 1.82) is 0 Å². The van der Waals surface area contributed by atoms with E-state index in [4.69, 9.17) is 10.7 Å². The van der Waals surface area contributed by atoms with Gasteiger partial charge in [0.05, 0.1) is 4.90 Å². The average molecular weight is 330 g/mol. The number of carbonyl (C=O) groups is 1. The molecule has 6 heteroatoms. The van der Waals surface area contributed by atoms with Crippen molar-refractivity contribution in [2.24, 2.45) is 0 Å². The molecule has 0 aliphatic heterocycles. The summed E-state index contributed by atoms with van der Waals surface area (Å²) in [6.07, 6.45) is 2.93. The summed E-state index contributed by atoms with van der Waals surface area (Å²) in [6.45, 7) is 6.21. The highest BCUT2D eigenvalue weighted by molar-refractivity contribution is 8.13. The number of halogens is 1. The van der Waals surface area contributed by atoms with Crippen molar-refractivity contribution in [3.8, 4) is 0 Å². The van der Waals surface area contributed by atoms with Crippen LogP contribution in [-0.2, 0) is 9.05 Å².